The number of aromatic nitrogens is 2. The number of rotatable bonds is 4. The monoisotopic (exact) mass is 362 g/mol. The van der Waals surface area contributed by atoms with Gasteiger partial charge in [0.1, 0.15) is 5.82 Å². The molecule has 2 N–H and O–H groups in total. The van der Waals surface area contributed by atoms with Gasteiger partial charge < -0.3 is 15.2 Å². The molecule has 5 heteroatoms. The predicted octanol–water partition coefficient (Wildman–Crippen LogP) is 3.24. The normalized spacial score (nSPS) is 15.2. The maximum absolute atomic E-state index is 12.9. The van der Waals surface area contributed by atoms with Gasteiger partial charge in [0.05, 0.1) is 17.1 Å². The second-order valence-electron chi connectivity index (χ2n) is 7.13. The van der Waals surface area contributed by atoms with E-state index >= 15 is 0 Å². The van der Waals surface area contributed by atoms with Crippen LogP contribution in [0.3, 0.4) is 0 Å². The molecule has 0 radical (unpaired) electrons. The molecule has 5 nitrogen and oxygen atoms in total. The summed E-state index contributed by atoms with van der Waals surface area (Å²) in [5, 5.41) is 6.54. The molecule has 0 spiro atoms. The van der Waals surface area contributed by atoms with Crippen LogP contribution in [-0.4, -0.2) is 28.5 Å². The summed E-state index contributed by atoms with van der Waals surface area (Å²) >= 11 is 0. The fraction of sp³-hybridized carbons (Fsp3) is 0.364. The first-order chi connectivity index (χ1) is 13.2. The lowest BCUT2D eigenvalue weighted by atomic mass is 9.99. The van der Waals surface area contributed by atoms with Crippen molar-refractivity contribution in [1.82, 2.24) is 20.2 Å². The average molecular weight is 362 g/mol. The third-order valence-electron chi connectivity index (χ3n) is 5.35. The molecule has 4 rings (SSSR count). The molecule has 1 amide bonds. The molecule has 140 valence electrons. The zero-order chi connectivity index (χ0) is 18.8. The van der Waals surface area contributed by atoms with Crippen molar-refractivity contribution >= 4 is 16.9 Å². The molecule has 2 aromatic carbocycles. The summed E-state index contributed by atoms with van der Waals surface area (Å²) < 4.78 is 2.17. The lowest BCUT2D eigenvalue weighted by molar-refractivity contribution is 0.0937. The second-order valence-corrected chi connectivity index (χ2v) is 7.13. The first kappa shape index (κ1) is 17.7. The van der Waals surface area contributed by atoms with E-state index in [1.165, 1.54) is 11.1 Å². The Morgan fingerprint density at radius 3 is 2.78 bits per heavy atom. The minimum Gasteiger partial charge on any atom is -0.342 e. The summed E-state index contributed by atoms with van der Waals surface area (Å²) in [6, 6.07) is 14.0. The molecule has 0 fully saturated rings. The predicted molar refractivity (Wildman–Crippen MR) is 108 cm³/mol. The highest BCUT2D eigenvalue weighted by atomic mass is 16.1. The van der Waals surface area contributed by atoms with E-state index in [2.05, 4.69) is 34.3 Å². The highest BCUT2D eigenvalue weighted by molar-refractivity contribution is 5.94. The van der Waals surface area contributed by atoms with E-state index in [9.17, 15) is 4.79 Å². The van der Waals surface area contributed by atoms with Crippen molar-refractivity contribution in [3.8, 4) is 0 Å². The SMILES string of the molecule is CCn1c([C@@H](C)NC(=O)c2ccc3c(c2)CCNCC3)nc2ccccc21. The Balaban J connectivity index is 1.57. The van der Waals surface area contributed by atoms with Gasteiger partial charge in [0, 0.05) is 12.1 Å². The Morgan fingerprint density at radius 1 is 1.19 bits per heavy atom. The molecule has 0 saturated carbocycles. The third kappa shape index (κ3) is 3.47. The van der Waals surface area contributed by atoms with Gasteiger partial charge in [-0.25, -0.2) is 4.98 Å². The van der Waals surface area contributed by atoms with Crippen LogP contribution < -0.4 is 10.6 Å². The molecule has 1 aromatic heterocycles. The highest BCUT2D eigenvalue weighted by Crippen LogP contribution is 2.21. The number of imidazole rings is 1. The maximum Gasteiger partial charge on any atom is 0.251 e. The number of nitrogens with one attached hydrogen (secondary N) is 2. The van der Waals surface area contributed by atoms with E-state index in [1.807, 2.05) is 37.3 Å². The van der Waals surface area contributed by atoms with Crippen LogP contribution in [0.2, 0.25) is 0 Å². The second kappa shape index (κ2) is 7.53. The number of hydrogen-bond donors (Lipinski definition) is 2. The molecule has 1 aliphatic heterocycles. The highest BCUT2D eigenvalue weighted by Gasteiger charge is 2.19. The minimum atomic E-state index is -0.162. The van der Waals surface area contributed by atoms with Crippen molar-refractivity contribution in [3.05, 3.63) is 65.0 Å². The lowest BCUT2D eigenvalue weighted by Crippen LogP contribution is -2.28. The van der Waals surface area contributed by atoms with E-state index in [-0.39, 0.29) is 11.9 Å². The third-order valence-corrected chi connectivity index (χ3v) is 5.35. The standard InChI is InChI=1S/C22H26N4O/c1-3-26-20-7-5-4-6-19(20)25-21(26)15(2)24-22(27)18-9-8-16-10-12-23-13-11-17(16)14-18/h4-9,14-15,23H,3,10-13H2,1-2H3,(H,24,27)/t15-/m1/s1. The first-order valence-electron chi connectivity index (χ1n) is 9.76. The number of carbonyl (C=O) groups excluding carboxylic acids is 1. The fourth-order valence-corrected chi connectivity index (χ4v) is 3.92. The van der Waals surface area contributed by atoms with Gasteiger partial charge in [0.25, 0.3) is 5.91 Å². The Kier molecular flexibility index (Phi) is 4.94. The molecular formula is C22H26N4O. The van der Waals surface area contributed by atoms with Gasteiger partial charge in [-0.1, -0.05) is 18.2 Å². The first-order valence-corrected chi connectivity index (χ1v) is 9.76. The van der Waals surface area contributed by atoms with Crippen molar-refractivity contribution in [1.29, 1.82) is 0 Å². The van der Waals surface area contributed by atoms with E-state index in [4.69, 9.17) is 4.98 Å². The van der Waals surface area contributed by atoms with Crippen molar-refractivity contribution in [2.24, 2.45) is 0 Å². The summed E-state index contributed by atoms with van der Waals surface area (Å²) in [6.45, 7) is 6.89. The van der Waals surface area contributed by atoms with Crippen LogP contribution in [0.1, 0.15) is 47.2 Å². The van der Waals surface area contributed by atoms with Crippen LogP contribution in [0.25, 0.3) is 11.0 Å². The van der Waals surface area contributed by atoms with Gasteiger partial charge in [0.15, 0.2) is 0 Å². The van der Waals surface area contributed by atoms with Crippen molar-refractivity contribution in [3.63, 3.8) is 0 Å². The number of benzene rings is 2. The zero-order valence-electron chi connectivity index (χ0n) is 16.0. The van der Waals surface area contributed by atoms with Gasteiger partial charge in [-0.3, -0.25) is 4.79 Å². The van der Waals surface area contributed by atoms with Crippen LogP contribution in [-0.2, 0) is 19.4 Å². The van der Waals surface area contributed by atoms with Crippen LogP contribution >= 0.6 is 0 Å². The van der Waals surface area contributed by atoms with E-state index in [1.54, 1.807) is 0 Å². The molecular weight excluding hydrogens is 336 g/mol. The number of amides is 1. The number of nitrogens with zero attached hydrogens (tertiary/aromatic N) is 2. The van der Waals surface area contributed by atoms with E-state index in [0.717, 1.165) is 54.9 Å². The molecule has 1 atom stereocenters. The fourth-order valence-electron chi connectivity index (χ4n) is 3.92. The molecule has 0 saturated heterocycles. The summed E-state index contributed by atoms with van der Waals surface area (Å²) in [6.07, 6.45) is 1.99. The molecule has 0 bridgehead atoms. The van der Waals surface area contributed by atoms with Gasteiger partial charge >= 0.3 is 0 Å². The van der Waals surface area contributed by atoms with Gasteiger partial charge in [0.2, 0.25) is 0 Å². The molecule has 0 aliphatic carbocycles. The maximum atomic E-state index is 12.9. The Morgan fingerprint density at radius 2 is 1.96 bits per heavy atom. The quantitative estimate of drug-likeness (QED) is 0.749. The molecule has 1 aliphatic rings. The lowest BCUT2D eigenvalue weighted by Gasteiger charge is -2.16. The average Bonchev–Trinajstić information content (AvgIpc) is 2.90. The number of aryl methyl sites for hydroxylation is 1. The summed E-state index contributed by atoms with van der Waals surface area (Å²) in [5.41, 5.74) is 5.42. The van der Waals surface area contributed by atoms with Crippen molar-refractivity contribution in [2.75, 3.05) is 13.1 Å². The van der Waals surface area contributed by atoms with E-state index < -0.39 is 0 Å². The molecule has 0 unspecified atom stereocenters. The van der Waals surface area contributed by atoms with Crippen LogP contribution in [0.4, 0.5) is 0 Å². The molecule has 27 heavy (non-hydrogen) atoms. The van der Waals surface area contributed by atoms with Crippen molar-refractivity contribution in [2.45, 2.75) is 39.3 Å². The Bertz CT molecular complexity index is 976. The van der Waals surface area contributed by atoms with Gasteiger partial charge in [-0.15, -0.1) is 0 Å². The van der Waals surface area contributed by atoms with Crippen LogP contribution in [0, 0.1) is 0 Å². The smallest absolute Gasteiger partial charge is 0.251 e. The van der Waals surface area contributed by atoms with Crippen LogP contribution in [0.5, 0.6) is 0 Å². The molecule has 2 heterocycles. The number of fused-ring (bicyclic) bond motifs is 2. The largest absolute Gasteiger partial charge is 0.342 e. The summed E-state index contributed by atoms with van der Waals surface area (Å²) in [4.78, 5) is 17.6. The van der Waals surface area contributed by atoms with Gasteiger partial charge in [-0.2, -0.15) is 0 Å². The number of para-hydroxylation sites is 2. The minimum absolute atomic E-state index is 0.0442. The van der Waals surface area contributed by atoms with Crippen LogP contribution in [0.15, 0.2) is 42.5 Å². The zero-order valence-corrected chi connectivity index (χ0v) is 16.0. The molecule has 3 aromatic rings. The van der Waals surface area contributed by atoms with Crippen molar-refractivity contribution < 1.29 is 4.79 Å². The Labute approximate surface area is 159 Å². The van der Waals surface area contributed by atoms with E-state index in [0.29, 0.717) is 0 Å². The Hall–Kier alpha value is -2.66. The summed E-state index contributed by atoms with van der Waals surface area (Å²) in [7, 11) is 0. The summed E-state index contributed by atoms with van der Waals surface area (Å²) in [5.74, 6) is 0.850. The van der Waals surface area contributed by atoms with Gasteiger partial charge in [-0.05, 0) is 75.2 Å². The topological polar surface area (TPSA) is 59.0 Å². The number of carbonyl (C=O) groups is 1. The number of hydrogen-bond acceptors (Lipinski definition) is 3.